The molecule has 1 aliphatic rings. The smallest absolute Gasteiger partial charge is 0.208 e. The first-order valence-electron chi connectivity index (χ1n) is 5.50. The molecule has 5 heteroatoms. The van der Waals surface area contributed by atoms with Crippen molar-refractivity contribution in [2.75, 3.05) is 16.8 Å². The van der Waals surface area contributed by atoms with Crippen molar-refractivity contribution in [2.45, 2.75) is 38.1 Å². The van der Waals surface area contributed by atoms with Crippen LogP contribution in [0.3, 0.4) is 0 Å². The molecule has 15 heavy (non-hydrogen) atoms. The number of hydrogen-bond acceptors (Lipinski definition) is 4. The average molecular weight is 290 g/mol. The molecule has 0 radical (unpaired) electrons. The van der Waals surface area contributed by atoms with Crippen molar-refractivity contribution in [3.8, 4) is 0 Å². The number of anilines is 1. The predicted molar refractivity (Wildman–Crippen MR) is 67.9 cm³/mol. The van der Waals surface area contributed by atoms with Gasteiger partial charge >= 0.3 is 0 Å². The fraction of sp³-hybridized carbons (Fsp3) is 0.800. The molecule has 1 saturated carbocycles. The topological polar surface area (TPSA) is 29.0 Å². The van der Waals surface area contributed by atoms with E-state index < -0.39 is 0 Å². The second-order valence-corrected chi connectivity index (χ2v) is 5.50. The molecule has 0 bridgehead atoms. The van der Waals surface area contributed by atoms with E-state index in [4.69, 9.17) is 0 Å². The van der Waals surface area contributed by atoms with E-state index in [9.17, 15) is 0 Å². The second kappa shape index (κ2) is 5.80. The molecular weight excluding hydrogens is 274 g/mol. The number of rotatable bonds is 4. The van der Waals surface area contributed by atoms with E-state index in [1.807, 2.05) is 5.51 Å². The van der Waals surface area contributed by atoms with Crippen molar-refractivity contribution in [3.05, 3.63) is 5.51 Å². The van der Waals surface area contributed by atoms with Gasteiger partial charge in [-0.3, -0.25) is 0 Å². The van der Waals surface area contributed by atoms with Gasteiger partial charge in [-0.15, -0.1) is 10.2 Å². The summed E-state index contributed by atoms with van der Waals surface area (Å²) in [6.07, 6.45) is 6.75. The monoisotopic (exact) mass is 289 g/mol. The Balaban J connectivity index is 2.04. The Morgan fingerprint density at radius 3 is 2.80 bits per heavy atom. The van der Waals surface area contributed by atoms with Crippen LogP contribution in [-0.2, 0) is 0 Å². The quantitative estimate of drug-likeness (QED) is 0.798. The first-order valence-corrected chi connectivity index (χ1v) is 7.50. The van der Waals surface area contributed by atoms with Gasteiger partial charge in [-0.1, -0.05) is 46.5 Å². The van der Waals surface area contributed by atoms with Crippen LogP contribution in [0.5, 0.6) is 0 Å². The fourth-order valence-electron chi connectivity index (χ4n) is 2.21. The molecule has 3 nitrogen and oxygen atoms in total. The van der Waals surface area contributed by atoms with Gasteiger partial charge in [0.05, 0.1) is 0 Å². The summed E-state index contributed by atoms with van der Waals surface area (Å²) >= 11 is 5.16. The molecular formula is C10H16BrN3S. The van der Waals surface area contributed by atoms with Crippen LogP contribution in [0.2, 0.25) is 0 Å². The van der Waals surface area contributed by atoms with Crippen LogP contribution in [0.25, 0.3) is 0 Å². The van der Waals surface area contributed by atoms with E-state index in [1.54, 1.807) is 11.3 Å². The summed E-state index contributed by atoms with van der Waals surface area (Å²) < 4.78 is 0. The Bertz CT molecular complexity index is 272. The molecule has 0 atom stereocenters. The Kier molecular flexibility index (Phi) is 4.38. The summed E-state index contributed by atoms with van der Waals surface area (Å²) in [6.45, 7) is 1.04. The zero-order valence-electron chi connectivity index (χ0n) is 8.73. The minimum absolute atomic E-state index is 0.684. The SMILES string of the molecule is BrCCN(c1nncs1)C1CCCCC1. The number of alkyl halides is 1. The van der Waals surface area contributed by atoms with Crippen LogP contribution in [0.15, 0.2) is 5.51 Å². The maximum Gasteiger partial charge on any atom is 0.208 e. The molecule has 0 aromatic carbocycles. The molecule has 0 aliphatic heterocycles. The Morgan fingerprint density at radius 2 is 2.20 bits per heavy atom. The van der Waals surface area contributed by atoms with Crippen molar-refractivity contribution in [1.29, 1.82) is 0 Å². The van der Waals surface area contributed by atoms with E-state index in [-0.39, 0.29) is 0 Å². The van der Waals surface area contributed by atoms with E-state index in [2.05, 4.69) is 31.0 Å². The summed E-state index contributed by atoms with van der Waals surface area (Å²) in [6, 6.07) is 0.684. The third-order valence-corrected chi connectivity index (χ3v) is 4.02. The molecule has 0 amide bonds. The van der Waals surface area contributed by atoms with Crippen molar-refractivity contribution in [1.82, 2.24) is 10.2 Å². The highest BCUT2D eigenvalue weighted by Gasteiger charge is 2.22. The fourth-order valence-corrected chi connectivity index (χ4v) is 3.25. The third kappa shape index (κ3) is 2.91. The molecule has 1 heterocycles. The van der Waals surface area contributed by atoms with Crippen LogP contribution in [0, 0.1) is 0 Å². The van der Waals surface area contributed by atoms with E-state index in [0.29, 0.717) is 6.04 Å². The second-order valence-electron chi connectivity index (χ2n) is 3.90. The highest BCUT2D eigenvalue weighted by molar-refractivity contribution is 9.09. The molecule has 84 valence electrons. The van der Waals surface area contributed by atoms with Crippen molar-refractivity contribution >= 4 is 32.4 Å². The number of aromatic nitrogens is 2. The lowest BCUT2D eigenvalue weighted by Gasteiger charge is -2.33. The highest BCUT2D eigenvalue weighted by atomic mass is 79.9. The average Bonchev–Trinajstić information content (AvgIpc) is 2.80. The Labute approximate surface area is 103 Å². The minimum Gasteiger partial charge on any atom is -0.343 e. The van der Waals surface area contributed by atoms with E-state index in [0.717, 1.165) is 17.0 Å². The van der Waals surface area contributed by atoms with Gasteiger partial charge < -0.3 is 4.90 Å². The maximum absolute atomic E-state index is 4.18. The summed E-state index contributed by atoms with van der Waals surface area (Å²) in [5, 5.41) is 10.2. The van der Waals surface area contributed by atoms with Crippen molar-refractivity contribution in [2.24, 2.45) is 0 Å². The Hall–Kier alpha value is -0.160. The van der Waals surface area contributed by atoms with Gasteiger partial charge in [0, 0.05) is 17.9 Å². The van der Waals surface area contributed by atoms with Crippen LogP contribution in [0.1, 0.15) is 32.1 Å². The molecule has 0 spiro atoms. The zero-order chi connectivity index (χ0) is 10.5. The Morgan fingerprint density at radius 1 is 1.40 bits per heavy atom. The zero-order valence-corrected chi connectivity index (χ0v) is 11.1. The van der Waals surface area contributed by atoms with Gasteiger partial charge in [-0.25, -0.2) is 0 Å². The van der Waals surface area contributed by atoms with Crippen molar-refractivity contribution < 1.29 is 0 Å². The normalized spacial score (nSPS) is 17.9. The lowest BCUT2D eigenvalue weighted by molar-refractivity contribution is 0.418. The molecule has 1 aromatic rings. The molecule has 0 saturated heterocycles. The predicted octanol–water partition coefficient (Wildman–Crippen LogP) is 3.07. The van der Waals surface area contributed by atoms with E-state index in [1.165, 1.54) is 32.1 Å². The number of halogens is 1. The lowest BCUT2D eigenvalue weighted by Crippen LogP contribution is -2.38. The summed E-state index contributed by atoms with van der Waals surface area (Å²) in [4.78, 5) is 2.42. The molecule has 0 unspecified atom stereocenters. The molecule has 0 N–H and O–H groups in total. The standard InChI is InChI=1S/C10H16BrN3S/c11-6-7-14(10-13-12-8-15-10)9-4-2-1-3-5-9/h8-9H,1-7H2. The summed E-state index contributed by atoms with van der Waals surface area (Å²) in [5.74, 6) is 0. The van der Waals surface area contributed by atoms with Gasteiger partial charge in [0.1, 0.15) is 5.51 Å². The maximum atomic E-state index is 4.18. The van der Waals surface area contributed by atoms with Crippen LogP contribution >= 0.6 is 27.3 Å². The van der Waals surface area contributed by atoms with Gasteiger partial charge in [0.15, 0.2) is 0 Å². The summed E-state index contributed by atoms with van der Waals surface area (Å²) in [5.41, 5.74) is 1.82. The molecule has 1 aliphatic carbocycles. The van der Waals surface area contributed by atoms with Crippen molar-refractivity contribution in [3.63, 3.8) is 0 Å². The van der Waals surface area contributed by atoms with Crippen LogP contribution < -0.4 is 4.90 Å². The van der Waals surface area contributed by atoms with Gasteiger partial charge in [-0.05, 0) is 12.8 Å². The van der Waals surface area contributed by atoms with Gasteiger partial charge in [-0.2, -0.15) is 0 Å². The first-order chi connectivity index (χ1) is 7.42. The van der Waals surface area contributed by atoms with Crippen LogP contribution in [0.4, 0.5) is 5.13 Å². The minimum atomic E-state index is 0.684. The molecule has 1 fully saturated rings. The number of hydrogen-bond donors (Lipinski definition) is 0. The highest BCUT2D eigenvalue weighted by Crippen LogP contribution is 2.27. The van der Waals surface area contributed by atoms with Gasteiger partial charge in [0.25, 0.3) is 0 Å². The molecule has 1 aromatic heterocycles. The van der Waals surface area contributed by atoms with Gasteiger partial charge in [0.2, 0.25) is 5.13 Å². The first kappa shape index (κ1) is 11.3. The van der Waals surface area contributed by atoms with Crippen LogP contribution in [-0.4, -0.2) is 28.1 Å². The molecule has 2 rings (SSSR count). The largest absolute Gasteiger partial charge is 0.343 e. The third-order valence-electron chi connectivity index (χ3n) is 2.94. The number of nitrogens with zero attached hydrogens (tertiary/aromatic N) is 3. The lowest BCUT2D eigenvalue weighted by atomic mass is 9.94. The van der Waals surface area contributed by atoms with E-state index >= 15 is 0 Å². The summed E-state index contributed by atoms with van der Waals surface area (Å²) in [7, 11) is 0.